The zero-order valence-corrected chi connectivity index (χ0v) is 16.2. The van der Waals surface area contributed by atoms with Gasteiger partial charge in [0.25, 0.3) is 11.8 Å². The highest BCUT2D eigenvalue weighted by Gasteiger charge is 2.43. The molecule has 28 heavy (non-hydrogen) atoms. The summed E-state index contributed by atoms with van der Waals surface area (Å²) in [7, 11) is 1.89. The predicted molar refractivity (Wildman–Crippen MR) is 114 cm³/mol. The van der Waals surface area contributed by atoms with Gasteiger partial charge in [0.05, 0.1) is 12.4 Å². The molecule has 1 atom stereocenters. The molecule has 1 aromatic carbocycles. The van der Waals surface area contributed by atoms with Gasteiger partial charge in [0, 0.05) is 25.0 Å². The molecule has 5 rings (SSSR count). The van der Waals surface area contributed by atoms with E-state index in [1.165, 1.54) is 11.3 Å². The molecule has 1 unspecified atom stereocenters. The summed E-state index contributed by atoms with van der Waals surface area (Å²) in [5, 5.41) is 16.0. The van der Waals surface area contributed by atoms with Gasteiger partial charge >= 0.3 is 0 Å². The molecule has 0 aliphatic carbocycles. The lowest BCUT2D eigenvalue weighted by Gasteiger charge is -2.33. The fraction of sp³-hybridized carbons (Fsp3) is 0.300. The molecule has 1 aromatic heterocycles. The molecule has 3 aliphatic heterocycles. The van der Waals surface area contributed by atoms with E-state index in [1.54, 1.807) is 23.3 Å². The number of anilines is 2. The normalized spacial score (nSPS) is 24.1. The lowest BCUT2D eigenvalue weighted by Crippen LogP contribution is -2.44. The first kappa shape index (κ1) is 16.9. The topological polar surface area (TPSA) is 79.0 Å². The predicted octanol–water partition coefficient (Wildman–Crippen LogP) is 3.17. The van der Waals surface area contributed by atoms with Crippen LogP contribution in [0.3, 0.4) is 0 Å². The number of fused-ring (bicyclic) bond motifs is 2. The molecule has 8 nitrogen and oxygen atoms in total. The SMILES string of the molecule is Cn1cc([N+]23C=CN=CC2=NC(Nc2ccc4c(c2)NCCC4(C)C)=N3)cn1. The van der Waals surface area contributed by atoms with E-state index in [4.69, 9.17) is 5.10 Å². The van der Waals surface area contributed by atoms with Crippen molar-refractivity contribution < 1.29 is 0 Å². The quantitative estimate of drug-likeness (QED) is 0.792. The van der Waals surface area contributed by atoms with Gasteiger partial charge < -0.3 is 10.6 Å². The molecule has 0 radical (unpaired) electrons. The van der Waals surface area contributed by atoms with E-state index in [0.29, 0.717) is 5.96 Å². The van der Waals surface area contributed by atoms with Gasteiger partial charge in [-0.15, -0.1) is 0 Å². The molecule has 0 bridgehead atoms. The lowest BCUT2D eigenvalue weighted by molar-refractivity contribution is 0.482. The zero-order valence-electron chi connectivity index (χ0n) is 16.2. The maximum Gasteiger partial charge on any atom is 0.287 e. The molecule has 3 aliphatic rings. The number of aryl methyl sites for hydroxylation is 1. The molecule has 2 N–H and O–H groups in total. The van der Waals surface area contributed by atoms with Crippen LogP contribution in [0.4, 0.5) is 17.1 Å². The van der Waals surface area contributed by atoms with E-state index >= 15 is 0 Å². The Bertz CT molecular complexity index is 1070. The summed E-state index contributed by atoms with van der Waals surface area (Å²) in [6.07, 6.45) is 10.3. The first-order valence-electron chi connectivity index (χ1n) is 9.40. The Balaban J connectivity index is 1.49. The van der Waals surface area contributed by atoms with Crippen molar-refractivity contribution in [1.82, 2.24) is 14.4 Å². The van der Waals surface area contributed by atoms with Gasteiger partial charge in [0.2, 0.25) is 5.69 Å². The van der Waals surface area contributed by atoms with Crippen LogP contribution in [0.5, 0.6) is 0 Å². The van der Waals surface area contributed by atoms with E-state index in [1.807, 2.05) is 19.4 Å². The van der Waals surface area contributed by atoms with Crippen molar-refractivity contribution in [3.8, 4) is 0 Å². The Morgan fingerprint density at radius 2 is 2.18 bits per heavy atom. The number of quaternary nitrogens is 1. The Hall–Kier alpha value is -3.26. The number of guanidine groups is 1. The van der Waals surface area contributed by atoms with Crippen molar-refractivity contribution in [2.75, 3.05) is 17.2 Å². The molecule has 4 heterocycles. The first-order valence-corrected chi connectivity index (χ1v) is 9.40. The first-order chi connectivity index (χ1) is 13.5. The molecule has 2 aromatic rings. The Morgan fingerprint density at radius 3 is 3.00 bits per heavy atom. The van der Waals surface area contributed by atoms with Crippen LogP contribution in [0.1, 0.15) is 25.8 Å². The Kier molecular flexibility index (Phi) is 3.54. The van der Waals surface area contributed by atoms with Crippen LogP contribution in [0.15, 0.2) is 58.1 Å². The molecule has 0 saturated heterocycles. The summed E-state index contributed by atoms with van der Waals surface area (Å²) in [6, 6.07) is 6.41. The molecule has 0 fully saturated rings. The number of aromatic nitrogens is 2. The van der Waals surface area contributed by atoms with Crippen LogP contribution < -0.4 is 15.2 Å². The maximum atomic E-state index is 4.85. The summed E-state index contributed by atoms with van der Waals surface area (Å²) in [5.74, 6) is 1.28. The van der Waals surface area contributed by atoms with E-state index in [9.17, 15) is 0 Å². The van der Waals surface area contributed by atoms with Gasteiger partial charge in [-0.1, -0.05) is 24.5 Å². The lowest BCUT2D eigenvalue weighted by atomic mass is 9.78. The van der Waals surface area contributed by atoms with Crippen molar-refractivity contribution in [1.29, 1.82) is 0 Å². The third-order valence-electron chi connectivity index (χ3n) is 5.54. The van der Waals surface area contributed by atoms with Gasteiger partial charge in [-0.2, -0.15) is 10.1 Å². The molecule has 0 spiro atoms. The Labute approximate surface area is 163 Å². The molecule has 0 saturated carbocycles. The van der Waals surface area contributed by atoms with Gasteiger partial charge in [0.15, 0.2) is 6.20 Å². The number of hydrogen-bond donors (Lipinski definition) is 2. The minimum Gasteiger partial charge on any atom is -0.385 e. The van der Waals surface area contributed by atoms with Gasteiger partial charge in [-0.05, 0) is 34.6 Å². The van der Waals surface area contributed by atoms with Crippen LogP contribution in [-0.4, -0.2) is 34.3 Å². The number of amidine groups is 1. The number of aliphatic imine (C=N–C) groups is 2. The van der Waals surface area contributed by atoms with E-state index in [-0.39, 0.29) is 10.0 Å². The third kappa shape index (κ3) is 2.56. The van der Waals surface area contributed by atoms with Crippen LogP contribution >= 0.6 is 0 Å². The average molecular weight is 375 g/mol. The fourth-order valence-corrected chi connectivity index (χ4v) is 3.92. The highest BCUT2D eigenvalue weighted by molar-refractivity contribution is 6.38. The number of rotatable bonds is 2. The summed E-state index contributed by atoms with van der Waals surface area (Å²) in [6.45, 7) is 5.56. The van der Waals surface area contributed by atoms with Crippen molar-refractivity contribution in [2.24, 2.45) is 22.1 Å². The standard InChI is InChI=1S/C20H23N8/c1-20(2)6-7-22-17-10-14(4-5-16(17)20)24-19-25-18-12-21-8-9-28(18,26-19)15-11-23-27(3)13-15/h4-5,8-13,22H,6-7H2,1-3H3,(H,24,26)/q+1. The van der Waals surface area contributed by atoms with Crippen LogP contribution in [0.2, 0.25) is 0 Å². The van der Waals surface area contributed by atoms with Crippen LogP contribution in [-0.2, 0) is 12.5 Å². The molecule has 142 valence electrons. The molecule has 0 amide bonds. The highest BCUT2D eigenvalue weighted by Crippen LogP contribution is 2.38. The minimum absolute atomic E-state index is 0.135. The van der Waals surface area contributed by atoms with Gasteiger partial charge in [0.1, 0.15) is 12.4 Å². The smallest absolute Gasteiger partial charge is 0.287 e. The highest BCUT2D eigenvalue weighted by atomic mass is 15.7. The third-order valence-corrected chi connectivity index (χ3v) is 5.54. The Morgan fingerprint density at radius 1 is 1.29 bits per heavy atom. The van der Waals surface area contributed by atoms with Crippen LogP contribution in [0, 0.1) is 0 Å². The largest absolute Gasteiger partial charge is 0.385 e. The maximum absolute atomic E-state index is 4.85. The number of nitrogens with zero attached hydrogens (tertiary/aromatic N) is 6. The van der Waals surface area contributed by atoms with Gasteiger partial charge in [-0.3, -0.25) is 9.67 Å². The van der Waals surface area contributed by atoms with E-state index in [2.05, 4.69) is 57.8 Å². The molecular formula is C20H23N8+. The van der Waals surface area contributed by atoms with Crippen molar-refractivity contribution >= 4 is 35.1 Å². The summed E-state index contributed by atoms with van der Waals surface area (Å²) in [4.78, 5) is 8.90. The van der Waals surface area contributed by atoms with Crippen LogP contribution in [0.25, 0.3) is 0 Å². The molecule has 8 heteroatoms. The number of nitrogens with one attached hydrogen (secondary N) is 2. The number of hydrogen-bond acceptors (Lipinski definition) is 6. The summed E-state index contributed by atoms with van der Waals surface area (Å²) >= 11 is 0. The van der Waals surface area contributed by atoms with E-state index in [0.717, 1.165) is 30.2 Å². The number of benzene rings is 1. The summed E-state index contributed by atoms with van der Waals surface area (Å²) < 4.78 is 1.90. The zero-order chi connectivity index (χ0) is 19.4. The monoisotopic (exact) mass is 375 g/mol. The fourth-order valence-electron chi connectivity index (χ4n) is 3.92. The molecular weight excluding hydrogens is 352 g/mol. The van der Waals surface area contributed by atoms with Crippen molar-refractivity contribution in [2.45, 2.75) is 25.7 Å². The van der Waals surface area contributed by atoms with E-state index < -0.39 is 0 Å². The van der Waals surface area contributed by atoms with Crippen molar-refractivity contribution in [3.05, 3.63) is 48.6 Å². The summed E-state index contributed by atoms with van der Waals surface area (Å²) in [5.41, 5.74) is 4.56. The minimum atomic E-state index is 0.135. The van der Waals surface area contributed by atoms with Crippen molar-refractivity contribution in [3.63, 3.8) is 0 Å². The second-order valence-electron chi connectivity index (χ2n) is 7.97. The second-order valence-corrected chi connectivity index (χ2v) is 7.97. The second kappa shape index (κ2) is 5.87. The van der Waals surface area contributed by atoms with Gasteiger partial charge in [-0.25, -0.2) is 0 Å². The average Bonchev–Trinajstić information content (AvgIpc) is 3.25.